The summed E-state index contributed by atoms with van der Waals surface area (Å²) in [6, 6.07) is 14.2. The monoisotopic (exact) mass is 387 g/mol. The minimum absolute atomic E-state index is 0.216. The number of rotatable bonds is 3. The Labute approximate surface area is 129 Å². The lowest BCUT2D eigenvalue weighted by atomic mass is 10.1. The quantitative estimate of drug-likeness (QED) is 0.675. The first-order valence-electron chi connectivity index (χ1n) is 5.53. The van der Waals surface area contributed by atoms with Gasteiger partial charge in [-0.3, -0.25) is 0 Å². The molecule has 1 unspecified atom stereocenters. The third-order valence-corrected chi connectivity index (χ3v) is 4.13. The van der Waals surface area contributed by atoms with Crippen LogP contribution in [0.15, 0.2) is 51.4 Å². The molecule has 18 heavy (non-hydrogen) atoms. The second kappa shape index (κ2) is 6.09. The predicted octanol–water partition coefficient (Wildman–Crippen LogP) is 6.04. The van der Waals surface area contributed by atoms with Gasteiger partial charge in [-0.15, -0.1) is 0 Å². The summed E-state index contributed by atoms with van der Waals surface area (Å²) in [6.45, 7) is 2.12. The SMILES string of the molecule is CC(Nc1cc(Cl)ccc1Br)c1ccc(Br)cc1. The molecule has 0 aliphatic carbocycles. The lowest BCUT2D eigenvalue weighted by Gasteiger charge is -2.17. The number of anilines is 1. The summed E-state index contributed by atoms with van der Waals surface area (Å²) >= 11 is 13.0. The van der Waals surface area contributed by atoms with Gasteiger partial charge in [0.05, 0.1) is 5.69 Å². The van der Waals surface area contributed by atoms with E-state index >= 15 is 0 Å². The Bertz CT molecular complexity index is 540. The van der Waals surface area contributed by atoms with E-state index in [1.54, 1.807) is 0 Å². The number of benzene rings is 2. The molecule has 1 N–H and O–H groups in total. The van der Waals surface area contributed by atoms with Gasteiger partial charge in [-0.25, -0.2) is 0 Å². The maximum atomic E-state index is 6.00. The van der Waals surface area contributed by atoms with E-state index in [4.69, 9.17) is 11.6 Å². The van der Waals surface area contributed by atoms with Gasteiger partial charge in [-0.1, -0.05) is 39.7 Å². The molecule has 0 bridgehead atoms. The topological polar surface area (TPSA) is 12.0 Å². The Morgan fingerprint density at radius 3 is 2.39 bits per heavy atom. The highest BCUT2D eigenvalue weighted by molar-refractivity contribution is 9.10. The zero-order chi connectivity index (χ0) is 13.1. The summed E-state index contributed by atoms with van der Waals surface area (Å²) in [5.41, 5.74) is 2.22. The highest BCUT2D eigenvalue weighted by atomic mass is 79.9. The summed E-state index contributed by atoms with van der Waals surface area (Å²) in [4.78, 5) is 0. The average Bonchev–Trinajstić information content (AvgIpc) is 2.34. The van der Waals surface area contributed by atoms with Crippen molar-refractivity contribution in [1.82, 2.24) is 0 Å². The molecule has 1 nitrogen and oxygen atoms in total. The molecule has 0 radical (unpaired) electrons. The van der Waals surface area contributed by atoms with Crippen LogP contribution in [-0.2, 0) is 0 Å². The van der Waals surface area contributed by atoms with Gasteiger partial charge in [0.25, 0.3) is 0 Å². The fourth-order valence-corrected chi connectivity index (χ4v) is 2.47. The van der Waals surface area contributed by atoms with E-state index < -0.39 is 0 Å². The molecule has 0 amide bonds. The summed E-state index contributed by atoms with van der Waals surface area (Å²) in [5.74, 6) is 0. The average molecular weight is 390 g/mol. The molecule has 0 aliphatic rings. The summed E-state index contributed by atoms with van der Waals surface area (Å²) in [5, 5.41) is 4.17. The normalized spacial score (nSPS) is 12.2. The minimum atomic E-state index is 0.216. The van der Waals surface area contributed by atoms with Crippen LogP contribution >= 0.6 is 43.5 Å². The molecule has 0 heterocycles. The van der Waals surface area contributed by atoms with E-state index in [1.165, 1.54) is 5.56 Å². The van der Waals surface area contributed by atoms with Gasteiger partial charge in [0.1, 0.15) is 0 Å². The molecule has 0 aromatic heterocycles. The molecule has 1 atom stereocenters. The number of halogens is 3. The van der Waals surface area contributed by atoms with Crippen LogP contribution in [-0.4, -0.2) is 0 Å². The Balaban J connectivity index is 2.18. The first-order valence-corrected chi connectivity index (χ1v) is 7.50. The molecule has 0 saturated heterocycles. The summed E-state index contributed by atoms with van der Waals surface area (Å²) < 4.78 is 2.10. The van der Waals surface area contributed by atoms with Crippen LogP contribution in [0.1, 0.15) is 18.5 Å². The standard InChI is InChI=1S/C14H12Br2ClN/c1-9(10-2-4-11(15)5-3-10)18-14-8-12(17)6-7-13(14)16/h2-9,18H,1H3. The number of nitrogens with one attached hydrogen (secondary N) is 1. The van der Waals surface area contributed by atoms with Gasteiger partial charge in [0.15, 0.2) is 0 Å². The smallest absolute Gasteiger partial charge is 0.0504 e. The highest BCUT2D eigenvalue weighted by Crippen LogP contribution is 2.29. The van der Waals surface area contributed by atoms with E-state index in [2.05, 4.69) is 56.2 Å². The first-order chi connectivity index (χ1) is 8.56. The van der Waals surface area contributed by atoms with E-state index in [0.29, 0.717) is 0 Å². The van der Waals surface area contributed by atoms with Crippen LogP contribution < -0.4 is 5.32 Å². The summed E-state index contributed by atoms with van der Waals surface area (Å²) in [7, 11) is 0. The summed E-state index contributed by atoms with van der Waals surface area (Å²) in [6.07, 6.45) is 0. The largest absolute Gasteiger partial charge is 0.378 e. The van der Waals surface area contributed by atoms with E-state index in [0.717, 1.165) is 19.7 Å². The molecule has 4 heteroatoms. The van der Waals surface area contributed by atoms with Gasteiger partial charge >= 0.3 is 0 Å². The van der Waals surface area contributed by atoms with Crippen molar-refractivity contribution in [3.8, 4) is 0 Å². The van der Waals surface area contributed by atoms with Gasteiger partial charge < -0.3 is 5.32 Å². The Kier molecular flexibility index (Phi) is 4.71. The molecule has 2 rings (SSSR count). The second-order valence-electron chi connectivity index (χ2n) is 4.04. The van der Waals surface area contributed by atoms with Crippen LogP contribution in [0.2, 0.25) is 5.02 Å². The number of hydrogen-bond acceptors (Lipinski definition) is 1. The maximum absolute atomic E-state index is 6.00. The van der Waals surface area contributed by atoms with Crippen LogP contribution in [0.25, 0.3) is 0 Å². The third kappa shape index (κ3) is 3.50. The Hall–Kier alpha value is -0.510. The van der Waals surface area contributed by atoms with Crippen LogP contribution in [0, 0.1) is 0 Å². The molecule has 2 aromatic rings. The molecule has 0 spiro atoms. The molecular weight excluding hydrogens is 377 g/mol. The van der Waals surface area contributed by atoms with Crippen molar-refractivity contribution in [2.24, 2.45) is 0 Å². The van der Waals surface area contributed by atoms with E-state index in [-0.39, 0.29) is 6.04 Å². The third-order valence-electron chi connectivity index (χ3n) is 2.67. The van der Waals surface area contributed by atoms with Crippen molar-refractivity contribution < 1.29 is 0 Å². The maximum Gasteiger partial charge on any atom is 0.0504 e. The van der Waals surface area contributed by atoms with Crippen LogP contribution in [0.5, 0.6) is 0 Å². The molecular formula is C14H12Br2ClN. The first kappa shape index (κ1) is 13.9. The molecule has 0 fully saturated rings. The molecule has 2 aromatic carbocycles. The van der Waals surface area contributed by atoms with Crippen LogP contribution in [0.4, 0.5) is 5.69 Å². The minimum Gasteiger partial charge on any atom is -0.378 e. The lowest BCUT2D eigenvalue weighted by molar-refractivity contribution is 0.883. The van der Waals surface area contributed by atoms with Gasteiger partial charge in [-0.05, 0) is 58.7 Å². The van der Waals surface area contributed by atoms with Crippen LogP contribution in [0.3, 0.4) is 0 Å². The fourth-order valence-electron chi connectivity index (χ4n) is 1.68. The Morgan fingerprint density at radius 2 is 1.72 bits per heavy atom. The predicted molar refractivity (Wildman–Crippen MR) is 85.3 cm³/mol. The second-order valence-corrected chi connectivity index (χ2v) is 6.25. The number of hydrogen-bond donors (Lipinski definition) is 1. The zero-order valence-electron chi connectivity index (χ0n) is 9.75. The lowest BCUT2D eigenvalue weighted by Crippen LogP contribution is -2.06. The van der Waals surface area contributed by atoms with Crippen molar-refractivity contribution >= 4 is 49.1 Å². The van der Waals surface area contributed by atoms with E-state index in [9.17, 15) is 0 Å². The van der Waals surface area contributed by atoms with Crippen molar-refractivity contribution in [2.45, 2.75) is 13.0 Å². The van der Waals surface area contributed by atoms with Gasteiger partial charge in [-0.2, -0.15) is 0 Å². The van der Waals surface area contributed by atoms with E-state index in [1.807, 2.05) is 30.3 Å². The van der Waals surface area contributed by atoms with Crippen molar-refractivity contribution in [3.05, 3.63) is 62.0 Å². The van der Waals surface area contributed by atoms with Crippen molar-refractivity contribution in [1.29, 1.82) is 0 Å². The molecule has 0 aliphatic heterocycles. The molecule has 0 saturated carbocycles. The van der Waals surface area contributed by atoms with Crippen molar-refractivity contribution in [3.63, 3.8) is 0 Å². The zero-order valence-corrected chi connectivity index (χ0v) is 13.7. The highest BCUT2D eigenvalue weighted by Gasteiger charge is 2.07. The molecule has 94 valence electrons. The van der Waals surface area contributed by atoms with Gasteiger partial charge in [0.2, 0.25) is 0 Å². The van der Waals surface area contributed by atoms with Crippen molar-refractivity contribution in [2.75, 3.05) is 5.32 Å². The fraction of sp³-hybridized carbons (Fsp3) is 0.143. The van der Waals surface area contributed by atoms with Gasteiger partial charge in [0, 0.05) is 20.0 Å². The Morgan fingerprint density at radius 1 is 1.06 bits per heavy atom.